The van der Waals surface area contributed by atoms with Gasteiger partial charge in [0, 0.05) is 6.42 Å². The second-order valence-electron chi connectivity index (χ2n) is 18.3. The predicted molar refractivity (Wildman–Crippen MR) is 272 cm³/mol. The van der Waals surface area contributed by atoms with Crippen LogP contribution in [0.3, 0.4) is 0 Å². The Labute approximate surface area is 414 Å². The van der Waals surface area contributed by atoms with E-state index in [9.17, 15) is 45.6 Å². The van der Waals surface area contributed by atoms with E-state index in [2.05, 4.69) is 104 Å². The number of ether oxygens (including phenoxy) is 4. The van der Waals surface area contributed by atoms with Gasteiger partial charge in [-0.3, -0.25) is 4.79 Å². The van der Waals surface area contributed by atoms with Crippen molar-refractivity contribution in [2.45, 2.75) is 235 Å². The van der Waals surface area contributed by atoms with Crippen molar-refractivity contribution in [3.63, 3.8) is 0 Å². The minimum absolute atomic E-state index is 0.229. The average molecular weight is 976 g/mol. The highest BCUT2D eigenvalue weighted by atomic mass is 16.7. The van der Waals surface area contributed by atoms with Gasteiger partial charge in [0.15, 0.2) is 12.6 Å². The van der Waals surface area contributed by atoms with Gasteiger partial charge in [0.05, 0.1) is 32.0 Å². The number of rotatable bonds is 39. The first-order chi connectivity index (χ1) is 33.6. The first-order valence-corrected chi connectivity index (χ1v) is 26.3. The van der Waals surface area contributed by atoms with Crippen molar-refractivity contribution in [1.82, 2.24) is 5.32 Å². The number of aliphatic hydroxyl groups is 8. The van der Waals surface area contributed by atoms with Gasteiger partial charge >= 0.3 is 0 Å². The van der Waals surface area contributed by atoms with Gasteiger partial charge in [-0.2, -0.15) is 0 Å². The smallest absolute Gasteiger partial charge is 0.220 e. The third-order valence-electron chi connectivity index (χ3n) is 12.4. The molecule has 396 valence electrons. The molecular formula is C55H93NO13. The number of hydrogen-bond acceptors (Lipinski definition) is 13. The summed E-state index contributed by atoms with van der Waals surface area (Å²) >= 11 is 0. The normalized spacial score (nSPS) is 26.9. The van der Waals surface area contributed by atoms with Gasteiger partial charge in [0.2, 0.25) is 5.91 Å². The highest BCUT2D eigenvalue weighted by Gasteiger charge is 2.51. The van der Waals surface area contributed by atoms with E-state index in [-0.39, 0.29) is 18.9 Å². The van der Waals surface area contributed by atoms with Crippen LogP contribution in [-0.2, 0) is 23.7 Å². The summed E-state index contributed by atoms with van der Waals surface area (Å²) < 4.78 is 22.6. The third kappa shape index (κ3) is 27.5. The first kappa shape index (κ1) is 62.3. The molecule has 0 radical (unpaired) electrons. The monoisotopic (exact) mass is 976 g/mol. The summed E-state index contributed by atoms with van der Waals surface area (Å²) in [4.78, 5) is 13.1. The molecule has 0 saturated carbocycles. The maximum Gasteiger partial charge on any atom is 0.220 e. The Morgan fingerprint density at radius 2 is 1.00 bits per heavy atom. The molecule has 12 unspecified atom stereocenters. The van der Waals surface area contributed by atoms with E-state index < -0.39 is 86.8 Å². The summed E-state index contributed by atoms with van der Waals surface area (Å²) in [5.41, 5.74) is 0. The summed E-state index contributed by atoms with van der Waals surface area (Å²) in [6.45, 7) is 2.63. The van der Waals surface area contributed by atoms with E-state index >= 15 is 0 Å². The Bertz CT molecular complexity index is 1480. The van der Waals surface area contributed by atoms with E-state index in [1.807, 2.05) is 0 Å². The molecule has 0 aromatic carbocycles. The summed E-state index contributed by atoms with van der Waals surface area (Å²) in [6, 6.07) is -0.837. The molecule has 2 fully saturated rings. The zero-order valence-corrected chi connectivity index (χ0v) is 42.0. The third-order valence-corrected chi connectivity index (χ3v) is 12.4. The lowest BCUT2D eigenvalue weighted by atomic mass is 9.97. The van der Waals surface area contributed by atoms with Crippen LogP contribution in [0, 0.1) is 0 Å². The van der Waals surface area contributed by atoms with Crippen LogP contribution in [0.2, 0.25) is 0 Å². The van der Waals surface area contributed by atoms with Gasteiger partial charge in [0.1, 0.15) is 48.8 Å². The van der Waals surface area contributed by atoms with E-state index in [1.165, 1.54) is 6.42 Å². The maximum absolute atomic E-state index is 13.1. The Hall–Kier alpha value is -2.83. The van der Waals surface area contributed by atoms with Crippen LogP contribution in [0.5, 0.6) is 0 Å². The standard InChI is InChI=1S/C55H93NO13/c1-3-5-7-9-11-12-13-14-15-16-17-18-19-20-21-22-23-24-25-26-27-28-29-30-31-32-33-35-37-39-47(60)56-43(44(59)38-36-34-10-8-6-4-2)42-66-54-52(65)50(63)53(46(41-58)68-54)69-55-51(64)49(62)48(61)45(40-57)67-55/h5,7,11-12,14-15,17-18,20-21,23-24,26-27,43-46,48-55,57-59,61-65H,3-4,6,8-10,13,16,19,22,25,28-42H2,1-2H3,(H,56,60)/b7-5-,12-11-,15-14-,18-17-,21-20-,24-23-,27-26-. The lowest BCUT2D eigenvalue weighted by Gasteiger charge is -2.46. The molecule has 1 amide bonds. The second kappa shape index (κ2) is 40.7. The topological polar surface area (TPSA) is 228 Å². The molecule has 2 rings (SSSR count). The zero-order chi connectivity index (χ0) is 50.3. The van der Waals surface area contributed by atoms with Gasteiger partial charge in [-0.25, -0.2) is 0 Å². The van der Waals surface area contributed by atoms with Crippen molar-refractivity contribution in [1.29, 1.82) is 0 Å². The molecule has 14 heteroatoms. The molecule has 0 bridgehead atoms. The number of unbranched alkanes of at least 4 members (excludes halogenated alkanes) is 12. The van der Waals surface area contributed by atoms with Crippen LogP contribution in [0.25, 0.3) is 0 Å². The van der Waals surface area contributed by atoms with E-state index in [1.54, 1.807) is 0 Å². The number of nitrogens with one attached hydrogen (secondary N) is 1. The van der Waals surface area contributed by atoms with E-state index in [0.717, 1.165) is 122 Å². The molecule has 0 aromatic rings. The van der Waals surface area contributed by atoms with E-state index in [4.69, 9.17) is 18.9 Å². The number of aliphatic hydroxyl groups excluding tert-OH is 8. The molecule has 0 aromatic heterocycles. The first-order valence-electron chi connectivity index (χ1n) is 26.3. The van der Waals surface area contributed by atoms with Crippen LogP contribution >= 0.6 is 0 Å². The molecular weight excluding hydrogens is 883 g/mol. The number of carbonyl (C=O) groups excluding carboxylic acids is 1. The van der Waals surface area contributed by atoms with Crippen molar-refractivity contribution < 1.29 is 64.6 Å². The van der Waals surface area contributed by atoms with Crippen molar-refractivity contribution in [3.8, 4) is 0 Å². The van der Waals surface area contributed by atoms with Crippen molar-refractivity contribution in [2.24, 2.45) is 0 Å². The van der Waals surface area contributed by atoms with Crippen molar-refractivity contribution >= 4 is 5.91 Å². The summed E-state index contributed by atoms with van der Waals surface area (Å²) in [7, 11) is 0. The van der Waals surface area contributed by atoms with Crippen LogP contribution in [-0.4, -0.2) is 140 Å². The summed E-state index contributed by atoms with van der Waals surface area (Å²) in [6.07, 6.45) is 36.3. The largest absolute Gasteiger partial charge is 0.394 e. The molecule has 12 atom stereocenters. The van der Waals surface area contributed by atoms with Crippen molar-refractivity contribution in [2.75, 3.05) is 19.8 Å². The van der Waals surface area contributed by atoms with Gasteiger partial charge in [-0.15, -0.1) is 0 Å². The van der Waals surface area contributed by atoms with Crippen LogP contribution in [0.1, 0.15) is 162 Å². The molecule has 69 heavy (non-hydrogen) atoms. The Balaban J connectivity index is 1.66. The SMILES string of the molecule is CC/C=C\C/C=C\C/C=C\C/C=C\C/C=C\C/C=C\C/C=C\CCCCCCCCCC(=O)NC(COC1OC(CO)C(OC2OC(CO)C(O)C(O)C2O)C(O)C1O)C(O)CCCCCCCC. The van der Waals surface area contributed by atoms with Crippen molar-refractivity contribution in [3.05, 3.63) is 85.1 Å². The average Bonchev–Trinajstić information content (AvgIpc) is 3.35. The number of carbonyl (C=O) groups is 1. The van der Waals surface area contributed by atoms with Crippen LogP contribution in [0.4, 0.5) is 0 Å². The minimum Gasteiger partial charge on any atom is -0.394 e. The molecule has 0 aliphatic carbocycles. The molecule has 2 saturated heterocycles. The van der Waals surface area contributed by atoms with Crippen LogP contribution in [0.15, 0.2) is 85.1 Å². The quantitative estimate of drug-likeness (QED) is 0.0217. The molecule has 0 spiro atoms. The summed E-state index contributed by atoms with van der Waals surface area (Å²) in [5.74, 6) is -0.229. The van der Waals surface area contributed by atoms with Gasteiger partial charge in [0.25, 0.3) is 0 Å². The highest BCUT2D eigenvalue weighted by Crippen LogP contribution is 2.30. The Kier molecular flexibility index (Phi) is 36.8. The lowest BCUT2D eigenvalue weighted by Crippen LogP contribution is -2.65. The van der Waals surface area contributed by atoms with Gasteiger partial charge in [-0.05, 0) is 70.6 Å². The van der Waals surface area contributed by atoms with E-state index in [0.29, 0.717) is 12.8 Å². The number of allylic oxidation sites excluding steroid dienone is 14. The maximum atomic E-state index is 13.1. The van der Waals surface area contributed by atoms with Gasteiger partial charge < -0.3 is 65.1 Å². The minimum atomic E-state index is -1.79. The predicted octanol–water partition coefficient (Wildman–Crippen LogP) is 7.38. The fourth-order valence-electron chi connectivity index (χ4n) is 8.10. The Morgan fingerprint density at radius 3 is 1.54 bits per heavy atom. The second-order valence-corrected chi connectivity index (χ2v) is 18.3. The fourth-order valence-corrected chi connectivity index (χ4v) is 8.10. The van der Waals surface area contributed by atoms with Crippen LogP contribution < -0.4 is 5.32 Å². The fraction of sp³-hybridized carbons (Fsp3) is 0.727. The number of hydrogen-bond donors (Lipinski definition) is 9. The molecule has 14 nitrogen and oxygen atoms in total. The molecule has 9 N–H and O–H groups in total. The Morgan fingerprint density at radius 1 is 0.536 bits per heavy atom. The molecule has 2 heterocycles. The molecule has 2 aliphatic rings. The molecule has 2 aliphatic heterocycles. The highest BCUT2D eigenvalue weighted by molar-refractivity contribution is 5.76. The zero-order valence-electron chi connectivity index (χ0n) is 42.0. The summed E-state index contributed by atoms with van der Waals surface area (Å²) in [5, 5.41) is 86.5. The van der Waals surface area contributed by atoms with Gasteiger partial charge in [-0.1, -0.05) is 170 Å². The lowest BCUT2D eigenvalue weighted by molar-refractivity contribution is -0.359. The number of amides is 1.